The summed E-state index contributed by atoms with van der Waals surface area (Å²) in [6.45, 7) is 1.62. The molecule has 0 unspecified atom stereocenters. The molecule has 1 aliphatic rings. The Balaban J connectivity index is 1.67. The molecule has 0 radical (unpaired) electrons. The number of nitrogens with zero attached hydrogens (tertiary/aromatic N) is 3. The SMILES string of the molecule is C[C@@](O)(CC(=O)Nc1nc2ccc(Cl)c(C#N)c2n1C1CCC1)c1ccccc1. The summed E-state index contributed by atoms with van der Waals surface area (Å²) in [5.74, 6) is 0.0386. The van der Waals surface area contributed by atoms with Crippen molar-refractivity contribution in [3.05, 3.63) is 58.6 Å². The van der Waals surface area contributed by atoms with Crippen molar-refractivity contribution in [2.45, 2.75) is 44.2 Å². The molecule has 2 N–H and O–H groups in total. The van der Waals surface area contributed by atoms with Crippen molar-refractivity contribution in [3.63, 3.8) is 0 Å². The summed E-state index contributed by atoms with van der Waals surface area (Å²) in [5.41, 5.74) is 0.985. The first-order chi connectivity index (χ1) is 13.9. The lowest BCUT2D eigenvalue weighted by Gasteiger charge is -2.29. The first kappa shape index (κ1) is 19.4. The second-order valence-electron chi connectivity index (χ2n) is 7.66. The van der Waals surface area contributed by atoms with Crippen LogP contribution in [0.15, 0.2) is 42.5 Å². The van der Waals surface area contributed by atoms with Crippen LogP contribution in [0.3, 0.4) is 0 Å². The average Bonchev–Trinajstić information content (AvgIpc) is 2.98. The van der Waals surface area contributed by atoms with Gasteiger partial charge in [-0.2, -0.15) is 5.26 Å². The van der Waals surface area contributed by atoms with E-state index in [2.05, 4.69) is 16.4 Å². The number of imidazole rings is 1. The molecule has 6 nitrogen and oxygen atoms in total. The summed E-state index contributed by atoms with van der Waals surface area (Å²) in [7, 11) is 0. The summed E-state index contributed by atoms with van der Waals surface area (Å²) in [6, 6.07) is 14.8. The lowest BCUT2D eigenvalue weighted by molar-refractivity contribution is -0.120. The second kappa shape index (κ2) is 7.51. The van der Waals surface area contributed by atoms with Crippen LogP contribution in [-0.4, -0.2) is 20.6 Å². The fourth-order valence-electron chi connectivity index (χ4n) is 3.74. The summed E-state index contributed by atoms with van der Waals surface area (Å²) in [6.07, 6.45) is 2.88. The molecule has 1 amide bonds. The van der Waals surface area contributed by atoms with Gasteiger partial charge in [0.1, 0.15) is 6.07 Å². The third-order valence-corrected chi connectivity index (χ3v) is 5.82. The molecular weight excluding hydrogens is 388 g/mol. The van der Waals surface area contributed by atoms with E-state index < -0.39 is 5.60 Å². The number of hydrogen-bond acceptors (Lipinski definition) is 4. The molecule has 0 spiro atoms. The number of anilines is 1. The van der Waals surface area contributed by atoms with Gasteiger partial charge >= 0.3 is 0 Å². The van der Waals surface area contributed by atoms with E-state index in [0.29, 0.717) is 33.1 Å². The monoisotopic (exact) mass is 408 g/mol. The van der Waals surface area contributed by atoms with E-state index in [1.807, 2.05) is 22.8 Å². The molecule has 0 saturated heterocycles. The molecule has 1 saturated carbocycles. The Morgan fingerprint density at radius 1 is 1.34 bits per heavy atom. The molecule has 1 aliphatic carbocycles. The van der Waals surface area contributed by atoms with E-state index in [1.165, 1.54) is 0 Å². The predicted octanol–water partition coefficient (Wildman–Crippen LogP) is 4.52. The van der Waals surface area contributed by atoms with E-state index in [0.717, 1.165) is 19.3 Å². The van der Waals surface area contributed by atoms with Crippen LogP contribution >= 0.6 is 11.6 Å². The van der Waals surface area contributed by atoms with Gasteiger partial charge in [-0.15, -0.1) is 0 Å². The lowest BCUT2D eigenvalue weighted by atomic mass is 9.92. The lowest BCUT2D eigenvalue weighted by Crippen LogP contribution is -2.30. The van der Waals surface area contributed by atoms with Gasteiger partial charge < -0.3 is 9.67 Å². The van der Waals surface area contributed by atoms with Crippen LogP contribution in [0.1, 0.15) is 49.8 Å². The van der Waals surface area contributed by atoms with Gasteiger partial charge in [-0.3, -0.25) is 10.1 Å². The van der Waals surface area contributed by atoms with E-state index in [-0.39, 0.29) is 18.4 Å². The Morgan fingerprint density at radius 2 is 2.07 bits per heavy atom. The number of amides is 1. The quantitative estimate of drug-likeness (QED) is 0.649. The fourth-order valence-corrected chi connectivity index (χ4v) is 3.93. The summed E-state index contributed by atoms with van der Waals surface area (Å²) >= 11 is 6.23. The van der Waals surface area contributed by atoms with Crippen LogP contribution in [0.25, 0.3) is 11.0 Å². The molecule has 2 aromatic carbocycles. The highest BCUT2D eigenvalue weighted by atomic mass is 35.5. The Labute approximate surface area is 173 Å². The standard InChI is InChI=1S/C22H21ClN4O2/c1-22(29,14-6-3-2-4-7-14)12-19(28)26-21-25-18-11-10-17(23)16(13-24)20(18)27(21)15-8-5-9-15/h2-4,6-7,10-11,15,29H,5,8-9,12H2,1H3,(H,25,26,28)/t22-/m1/s1. The van der Waals surface area contributed by atoms with E-state index in [1.54, 1.807) is 31.2 Å². The first-order valence-corrected chi connectivity index (χ1v) is 9.97. The van der Waals surface area contributed by atoms with Crippen LogP contribution < -0.4 is 5.32 Å². The van der Waals surface area contributed by atoms with Crippen molar-refractivity contribution in [1.29, 1.82) is 5.26 Å². The summed E-state index contributed by atoms with van der Waals surface area (Å²) < 4.78 is 1.92. The van der Waals surface area contributed by atoms with Gasteiger partial charge in [-0.05, 0) is 43.9 Å². The second-order valence-corrected chi connectivity index (χ2v) is 8.06. The minimum absolute atomic E-state index is 0.114. The highest BCUT2D eigenvalue weighted by Crippen LogP contribution is 2.39. The molecule has 4 rings (SSSR count). The number of aliphatic hydroxyl groups is 1. The van der Waals surface area contributed by atoms with Crippen molar-refractivity contribution in [1.82, 2.24) is 9.55 Å². The Kier molecular flexibility index (Phi) is 5.03. The fraction of sp³-hybridized carbons (Fsp3) is 0.318. The first-order valence-electron chi connectivity index (χ1n) is 9.59. The molecule has 0 aliphatic heterocycles. The average molecular weight is 409 g/mol. The van der Waals surface area contributed by atoms with Crippen LogP contribution in [-0.2, 0) is 10.4 Å². The number of nitriles is 1. The number of halogens is 1. The maximum absolute atomic E-state index is 12.8. The van der Waals surface area contributed by atoms with Gasteiger partial charge in [0.25, 0.3) is 0 Å². The molecule has 148 valence electrons. The zero-order valence-electron chi connectivity index (χ0n) is 16.0. The minimum Gasteiger partial charge on any atom is -0.385 e. The Hall–Kier alpha value is -2.88. The van der Waals surface area contributed by atoms with Crippen molar-refractivity contribution in [2.24, 2.45) is 0 Å². The zero-order chi connectivity index (χ0) is 20.6. The highest BCUT2D eigenvalue weighted by Gasteiger charge is 2.30. The van der Waals surface area contributed by atoms with Gasteiger partial charge in [0.15, 0.2) is 0 Å². The maximum Gasteiger partial charge on any atom is 0.229 e. The number of nitrogens with one attached hydrogen (secondary N) is 1. The number of fused-ring (bicyclic) bond motifs is 1. The van der Waals surface area contributed by atoms with Crippen molar-refractivity contribution >= 4 is 34.5 Å². The van der Waals surface area contributed by atoms with Crippen molar-refractivity contribution < 1.29 is 9.90 Å². The number of benzene rings is 2. The van der Waals surface area contributed by atoms with Crippen LogP contribution in [0.2, 0.25) is 5.02 Å². The summed E-state index contributed by atoms with van der Waals surface area (Å²) in [5, 5.41) is 23.6. The van der Waals surface area contributed by atoms with Crippen LogP contribution in [0.5, 0.6) is 0 Å². The van der Waals surface area contributed by atoms with Gasteiger partial charge in [0, 0.05) is 6.04 Å². The van der Waals surface area contributed by atoms with E-state index >= 15 is 0 Å². The number of carbonyl (C=O) groups is 1. The van der Waals surface area contributed by atoms with Gasteiger partial charge in [0.05, 0.1) is 33.6 Å². The van der Waals surface area contributed by atoms with Gasteiger partial charge in [-0.1, -0.05) is 41.9 Å². The molecule has 1 aromatic heterocycles. The largest absolute Gasteiger partial charge is 0.385 e. The van der Waals surface area contributed by atoms with E-state index in [9.17, 15) is 15.2 Å². The zero-order valence-corrected chi connectivity index (χ0v) is 16.8. The maximum atomic E-state index is 12.8. The summed E-state index contributed by atoms with van der Waals surface area (Å²) in [4.78, 5) is 17.3. The van der Waals surface area contributed by atoms with Crippen molar-refractivity contribution in [3.8, 4) is 6.07 Å². The molecule has 29 heavy (non-hydrogen) atoms. The van der Waals surface area contributed by atoms with Gasteiger partial charge in [-0.25, -0.2) is 4.98 Å². The number of aromatic nitrogens is 2. The normalized spacial score (nSPS) is 16.1. The number of rotatable bonds is 5. The smallest absolute Gasteiger partial charge is 0.229 e. The van der Waals surface area contributed by atoms with Crippen molar-refractivity contribution in [2.75, 3.05) is 5.32 Å². The van der Waals surface area contributed by atoms with Gasteiger partial charge in [0.2, 0.25) is 11.9 Å². The predicted molar refractivity (Wildman–Crippen MR) is 112 cm³/mol. The molecule has 1 atom stereocenters. The molecule has 7 heteroatoms. The van der Waals surface area contributed by atoms with E-state index in [4.69, 9.17) is 11.6 Å². The van der Waals surface area contributed by atoms with Crippen LogP contribution in [0.4, 0.5) is 5.95 Å². The highest BCUT2D eigenvalue weighted by molar-refractivity contribution is 6.32. The topological polar surface area (TPSA) is 90.9 Å². The molecular formula is C22H21ClN4O2. The number of carbonyl (C=O) groups excluding carboxylic acids is 1. The Bertz CT molecular complexity index is 1110. The molecule has 3 aromatic rings. The third kappa shape index (κ3) is 3.59. The number of hydrogen-bond donors (Lipinski definition) is 2. The molecule has 1 fully saturated rings. The van der Waals surface area contributed by atoms with Crippen LogP contribution in [0, 0.1) is 11.3 Å². The molecule has 1 heterocycles. The molecule has 0 bridgehead atoms. The Morgan fingerprint density at radius 3 is 2.69 bits per heavy atom. The third-order valence-electron chi connectivity index (χ3n) is 5.50. The minimum atomic E-state index is -1.31.